The van der Waals surface area contributed by atoms with Gasteiger partial charge in [0.25, 0.3) is 0 Å². The maximum atomic E-state index is 12.4. The van der Waals surface area contributed by atoms with E-state index in [1.807, 2.05) is 39.8 Å². The number of rotatable bonds is 5. The van der Waals surface area contributed by atoms with E-state index in [1.54, 1.807) is 0 Å². The van der Waals surface area contributed by atoms with E-state index in [0.29, 0.717) is 16.8 Å². The van der Waals surface area contributed by atoms with E-state index in [4.69, 9.17) is 0 Å². The van der Waals surface area contributed by atoms with Crippen molar-refractivity contribution < 1.29 is 4.79 Å². The van der Waals surface area contributed by atoms with Crippen LogP contribution in [0.1, 0.15) is 47.8 Å². The van der Waals surface area contributed by atoms with Gasteiger partial charge in [-0.1, -0.05) is 43.8 Å². The molecule has 2 aromatic rings. The number of nitrogens with one attached hydrogen (secondary N) is 1. The highest BCUT2D eigenvalue weighted by atomic mass is 32.2. The first kappa shape index (κ1) is 18.5. The van der Waals surface area contributed by atoms with Gasteiger partial charge in [-0.15, -0.1) is 0 Å². The van der Waals surface area contributed by atoms with Crippen LogP contribution in [0, 0.1) is 27.7 Å². The van der Waals surface area contributed by atoms with Gasteiger partial charge in [-0.3, -0.25) is 4.79 Å². The fourth-order valence-electron chi connectivity index (χ4n) is 2.45. The SMILES string of the molecule is Cc1cccc(C(C)C)c1NC(=O)CSc1nc(C)c(C)c(C)n1. The van der Waals surface area contributed by atoms with E-state index in [-0.39, 0.29) is 5.91 Å². The maximum Gasteiger partial charge on any atom is 0.234 e. The fourth-order valence-corrected chi connectivity index (χ4v) is 3.19. The molecule has 1 heterocycles. The highest BCUT2D eigenvalue weighted by Crippen LogP contribution is 2.27. The molecule has 0 bridgehead atoms. The number of benzene rings is 1. The number of nitrogens with zero attached hydrogens (tertiary/aromatic N) is 2. The summed E-state index contributed by atoms with van der Waals surface area (Å²) in [4.78, 5) is 21.3. The van der Waals surface area contributed by atoms with E-state index in [9.17, 15) is 4.79 Å². The normalized spacial score (nSPS) is 11.0. The predicted molar refractivity (Wildman–Crippen MR) is 101 cm³/mol. The van der Waals surface area contributed by atoms with Crippen LogP contribution in [0.2, 0.25) is 0 Å². The zero-order valence-electron chi connectivity index (χ0n) is 15.2. The van der Waals surface area contributed by atoms with Gasteiger partial charge in [-0.05, 0) is 50.3 Å². The number of hydrogen-bond acceptors (Lipinski definition) is 4. The summed E-state index contributed by atoms with van der Waals surface area (Å²) >= 11 is 1.37. The van der Waals surface area contributed by atoms with Crippen molar-refractivity contribution in [2.45, 2.75) is 52.6 Å². The van der Waals surface area contributed by atoms with Gasteiger partial charge in [0.2, 0.25) is 5.91 Å². The molecule has 1 aromatic carbocycles. The Labute approximate surface area is 148 Å². The summed E-state index contributed by atoms with van der Waals surface area (Å²) in [6, 6.07) is 6.11. The van der Waals surface area contributed by atoms with E-state index in [1.165, 1.54) is 11.8 Å². The van der Waals surface area contributed by atoms with Gasteiger partial charge in [0.15, 0.2) is 5.16 Å². The van der Waals surface area contributed by atoms with Crippen molar-refractivity contribution in [3.05, 3.63) is 46.3 Å². The van der Waals surface area contributed by atoms with Crippen LogP contribution >= 0.6 is 11.8 Å². The maximum absolute atomic E-state index is 12.4. The number of anilines is 1. The Balaban J connectivity index is 2.07. The first-order valence-electron chi connectivity index (χ1n) is 8.13. The lowest BCUT2D eigenvalue weighted by Gasteiger charge is -2.16. The van der Waals surface area contributed by atoms with Crippen LogP contribution < -0.4 is 5.32 Å². The van der Waals surface area contributed by atoms with Crippen LogP contribution in [-0.2, 0) is 4.79 Å². The largest absolute Gasteiger partial charge is 0.325 e. The minimum absolute atomic E-state index is 0.0318. The monoisotopic (exact) mass is 343 g/mol. The quantitative estimate of drug-likeness (QED) is 0.638. The van der Waals surface area contributed by atoms with Crippen molar-refractivity contribution in [1.82, 2.24) is 9.97 Å². The number of aryl methyl sites for hydroxylation is 3. The first-order chi connectivity index (χ1) is 11.3. The summed E-state index contributed by atoms with van der Waals surface area (Å²) < 4.78 is 0. The van der Waals surface area contributed by atoms with Gasteiger partial charge in [0.1, 0.15) is 0 Å². The van der Waals surface area contributed by atoms with E-state index < -0.39 is 0 Å². The molecular weight excluding hydrogens is 318 g/mol. The molecule has 128 valence electrons. The Morgan fingerprint density at radius 1 is 1.12 bits per heavy atom. The topological polar surface area (TPSA) is 54.9 Å². The number of amides is 1. The van der Waals surface area contributed by atoms with Gasteiger partial charge >= 0.3 is 0 Å². The number of hydrogen-bond donors (Lipinski definition) is 1. The number of aromatic nitrogens is 2. The lowest BCUT2D eigenvalue weighted by atomic mass is 9.98. The van der Waals surface area contributed by atoms with Gasteiger partial charge in [0.05, 0.1) is 5.75 Å². The van der Waals surface area contributed by atoms with Crippen molar-refractivity contribution in [1.29, 1.82) is 0 Å². The van der Waals surface area contributed by atoms with Crippen molar-refractivity contribution in [2.75, 3.05) is 11.1 Å². The zero-order valence-corrected chi connectivity index (χ0v) is 16.0. The lowest BCUT2D eigenvalue weighted by Crippen LogP contribution is -2.17. The number of carbonyl (C=O) groups excluding carboxylic acids is 1. The second-order valence-electron chi connectivity index (χ2n) is 6.33. The smallest absolute Gasteiger partial charge is 0.234 e. The molecule has 1 N–H and O–H groups in total. The molecule has 2 rings (SSSR count). The standard InChI is InChI=1S/C19H25N3OS/c1-11(2)16-9-7-8-12(3)18(16)22-17(23)10-24-19-20-14(5)13(4)15(6)21-19/h7-9,11H,10H2,1-6H3,(H,22,23). The molecule has 0 unspecified atom stereocenters. The summed E-state index contributed by atoms with van der Waals surface area (Å²) in [5, 5.41) is 3.71. The van der Waals surface area contributed by atoms with Gasteiger partial charge in [-0.2, -0.15) is 0 Å². The molecule has 0 radical (unpaired) electrons. The van der Waals surface area contributed by atoms with Gasteiger partial charge < -0.3 is 5.32 Å². The molecule has 0 atom stereocenters. The van der Waals surface area contributed by atoms with Crippen LogP contribution in [0.15, 0.2) is 23.4 Å². The molecule has 0 saturated heterocycles. The van der Waals surface area contributed by atoms with E-state index in [2.05, 4.69) is 35.2 Å². The summed E-state index contributed by atoms with van der Waals surface area (Å²) in [5.41, 5.74) is 6.20. The third-order valence-corrected chi connectivity index (χ3v) is 4.98. The molecule has 0 aliphatic heterocycles. The summed E-state index contributed by atoms with van der Waals surface area (Å²) in [6.45, 7) is 12.2. The number of para-hydroxylation sites is 1. The molecule has 0 aliphatic rings. The molecule has 1 amide bonds. The minimum Gasteiger partial charge on any atom is -0.325 e. The van der Waals surface area contributed by atoms with Crippen LogP contribution in [0.5, 0.6) is 0 Å². The Bertz CT molecular complexity index is 733. The molecule has 0 saturated carbocycles. The molecule has 24 heavy (non-hydrogen) atoms. The van der Waals surface area contributed by atoms with Crippen LogP contribution in [0.25, 0.3) is 0 Å². The third kappa shape index (κ3) is 4.35. The van der Waals surface area contributed by atoms with Crippen LogP contribution in [-0.4, -0.2) is 21.6 Å². The van der Waals surface area contributed by atoms with Crippen molar-refractivity contribution in [3.63, 3.8) is 0 Å². The Morgan fingerprint density at radius 3 is 2.33 bits per heavy atom. The summed E-state index contributed by atoms with van der Waals surface area (Å²) in [6.07, 6.45) is 0. The molecule has 0 spiro atoms. The van der Waals surface area contributed by atoms with Crippen LogP contribution in [0.4, 0.5) is 5.69 Å². The highest BCUT2D eigenvalue weighted by molar-refractivity contribution is 7.99. The molecule has 1 aromatic heterocycles. The van der Waals surface area contributed by atoms with Gasteiger partial charge in [-0.25, -0.2) is 9.97 Å². The fraction of sp³-hybridized carbons (Fsp3) is 0.421. The highest BCUT2D eigenvalue weighted by Gasteiger charge is 2.13. The summed E-state index contributed by atoms with van der Waals surface area (Å²) in [5.74, 6) is 0.627. The van der Waals surface area contributed by atoms with Crippen molar-refractivity contribution in [2.24, 2.45) is 0 Å². The Hall–Kier alpha value is -1.88. The second kappa shape index (κ2) is 7.79. The minimum atomic E-state index is -0.0318. The average molecular weight is 343 g/mol. The lowest BCUT2D eigenvalue weighted by molar-refractivity contribution is -0.113. The second-order valence-corrected chi connectivity index (χ2v) is 7.28. The molecule has 0 fully saturated rings. The van der Waals surface area contributed by atoms with E-state index in [0.717, 1.165) is 33.8 Å². The third-order valence-electron chi connectivity index (χ3n) is 4.14. The molecular formula is C19H25N3OS. The zero-order chi connectivity index (χ0) is 17.9. The Kier molecular flexibility index (Phi) is 5.99. The molecule has 4 nitrogen and oxygen atoms in total. The average Bonchev–Trinajstić information content (AvgIpc) is 2.52. The summed E-state index contributed by atoms with van der Waals surface area (Å²) in [7, 11) is 0. The number of carbonyl (C=O) groups is 1. The molecule has 0 aliphatic carbocycles. The van der Waals surface area contributed by atoms with Crippen molar-refractivity contribution >= 4 is 23.4 Å². The predicted octanol–water partition coefficient (Wildman–Crippen LogP) is 4.56. The van der Waals surface area contributed by atoms with Crippen molar-refractivity contribution in [3.8, 4) is 0 Å². The Morgan fingerprint density at radius 2 is 1.75 bits per heavy atom. The van der Waals surface area contributed by atoms with Gasteiger partial charge in [0, 0.05) is 17.1 Å². The number of thioether (sulfide) groups is 1. The van der Waals surface area contributed by atoms with E-state index >= 15 is 0 Å². The molecule has 5 heteroatoms. The van der Waals surface area contributed by atoms with Crippen LogP contribution in [0.3, 0.4) is 0 Å². The first-order valence-corrected chi connectivity index (χ1v) is 9.12.